The first-order chi connectivity index (χ1) is 10.1. The number of thioether (sulfide) groups is 1. The van der Waals surface area contributed by atoms with E-state index in [1.807, 2.05) is 11.8 Å². The van der Waals surface area contributed by atoms with Gasteiger partial charge in [-0.1, -0.05) is 20.3 Å². The monoisotopic (exact) mass is 314 g/mol. The topological polar surface area (TPSA) is 60.9 Å². The van der Waals surface area contributed by atoms with Gasteiger partial charge in [-0.25, -0.2) is 9.59 Å². The average Bonchev–Trinajstić information content (AvgIpc) is 2.91. The minimum atomic E-state index is -0.879. The number of likely N-dealkylation sites (tertiary alicyclic amines) is 1. The van der Waals surface area contributed by atoms with Gasteiger partial charge in [-0.3, -0.25) is 4.90 Å². The van der Waals surface area contributed by atoms with Gasteiger partial charge in [0.15, 0.2) is 0 Å². The molecule has 0 aromatic heterocycles. The number of carboxylic acids is 1. The molecule has 0 spiro atoms. The SMILES string of the molecule is CCCC1CCCCN1C(=O)N1C(CC)SCC1C(=O)O. The van der Waals surface area contributed by atoms with Gasteiger partial charge in [-0.15, -0.1) is 11.8 Å². The summed E-state index contributed by atoms with van der Waals surface area (Å²) < 4.78 is 0. The third kappa shape index (κ3) is 3.47. The molecule has 2 amide bonds. The maximum atomic E-state index is 12.9. The smallest absolute Gasteiger partial charge is 0.327 e. The third-order valence-electron chi connectivity index (χ3n) is 4.44. The molecule has 2 aliphatic heterocycles. The summed E-state index contributed by atoms with van der Waals surface area (Å²) in [4.78, 5) is 28.0. The zero-order valence-electron chi connectivity index (χ0n) is 13.0. The highest BCUT2D eigenvalue weighted by molar-refractivity contribution is 8.00. The average molecular weight is 314 g/mol. The number of rotatable bonds is 4. The summed E-state index contributed by atoms with van der Waals surface area (Å²) >= 11 is 1.59. The van der Waals surface area contributed by atoms with Gasteiger partial charge >= 0.3 is 12.0 Å². The summed E-state index contributed by atoms with van der Waals surface area (Å²) in [5.41, 5.74) is 0. The molecule has 2 rings (SSSR count). The molecule has 0 bridgehead atoms. The fourth-order valence-electron chi connectivity index (χ4n) is 3.36. The fourth-order valence-corrected chi connectivity index (χ4v) is 4.70. The van der Waals surface area contributed by atoms with Crippen molar-refractivity contribution < 1.29 is 14.7 Å². The molecular formula is C15H26N2O3S. The van der Waals surface area contributed by atoms with E-state index in [1.54, 1.807) is 16.7 Å². The number of hydrogen-bond donors (Lipinski definition) is 1. The van der Waals surface area contributed by atoms with Gasteiger partial charge in [0.2, 0.25) is 0 Å². The van der Waals surface area contributed by atoms with Crippen molar-refractivity contribution in [3.8, 4) is 0 Å². The second-order valence-electron chi connectivity index (χ2n) is 5.87. The normalized spacial score (nSPS) is 29.7. The first-order valence-electron chi connectivity index (χ1n) is 8.03. The van der Waals surface area contributed by atoms with E-state index < -0.39 is 12.0 Å². The van der Waals surface area contributed by atoms with Crippen LogP contribution >= 0.6 is 11.8 Å². The Labute approximate surface area is 131 Å². The van der Waals surface area contributed by atoms with Gasteiger partial charge in [0.05, 0.1) is 5.37 Å². The number of nitrogens with zero attached hydrogens (tertiary/aromatic N) is 2. The number of aliphatic carboxylic acids is 1. The van der Waals surface area contributed by atoms with E-state index in [9.17, 15) is 14.7 Å². The Balaban J connectivity index is 2.16. The minimum Gasteiger partial charge on any atom is -0.480 e. The molecule has 0 aliphatic carbocycles. The number of carbonyl (C=O) groups is 2. The fraction of sp³-hybridized carbons (Fsp3) is 0.867. The number of piperidine rings is 1. The van der Waals surface area contributed by atoms with Crippen molar-refractivity contribution in [3.63, 3.8) is 0 Å². The van der Waals surface area contributed by atoms with Crippen LogP contribution in [0.2, 0.25) is 0 Å². The Hall–Kier alpha value is -0.910. The first kappa shape index (κ1) is 16.5. The Kier molecular flexibility index (Phi) is 5.79. The van der Waals surface area contributed by atoms with Gasteiger partial charge < -0.3 is 10.0 Å². The van der Waals surface area contributed by atoms with Crippen LogP contribution in [0.4, 0.5) is 4.79 Å². The highest BCUT2D eigenvalue weighted by atomic mass is 32.2. The van der Waals surface area contributed by atoms with Crippen molar-refractivity contribution >= 4 is 23.8 Å². The minimum absolute atomic E-state index is 0.00260. The van der Waals surface area contributed by atoms with Crippen LogP contribution in [0, 0.1) is 0 Å². The standard InChI is InChI=1S/C15H26N2O3S/c1-3-7-11-8-5-6-9-16(11)15(20)17-12(14(18)19)10-21-13(17)4-2/h11-13H,3-10H2,1-2H3,(H,18,19). The van der Waals surface area contributed by atoms with E-state index in [0.29, 0.717) is 5.75 Å². The number of hydrogen-bond acceptors (Lipinski definition) is 3. The molecule has 0 aromatic rings. The highest BCUT2D eigenvalue weighted by Crippen LogP contribution is 2.34. The van der Waals surface area contributed by atoms with E-state index in [2.05, 4.69) is 6.92 Å². The second kappa shape index (κ2) is 7.38. The highest BCUT2D eigenvalue weighted by Gasteiger charge is 2.43. The molecule has 0 radical (unpaired) electrons. The summed E-state index contributed by atoms with van der Waals surface area (Å²) in [6, 6.07) is -0.442. The molecule has 2 aliphatic rings. The molecule has 6 heteroatoms. The molecule has 5 nitrogen and oxygen atoms in total. The molecule has 2 heterocycles. The lowest BCUT2D eigenvalue weighted by molar-refractivity contribution is -0.141. The van der Waals surface area contributed by atoms with Gasteiger partial charge in [-0.2, -0.15) is 0 Å². The van der Waals surface area contributed by atoms with Crippen LogP contribution < -0.4 is 0 Å². The van der Waals surface area contributed by atoms with Crippen molar-refractivity contribution in [1.82, 2.24) is 9.80 Å². The second-order valence-corrected chi connectivity index (χ2v) is 7.08. The molecule has 21 heavy (non-hydrogen) atoms. The van der Waals surface area contributed by atoms with E-state index in [-0.39, 0.29) is 17.4 Å². The predicted molar refractivity (Wildman–Crippen MR) is 84.4 cm³/mol. The number of carboxylic acid groups (broad SMARTS) is 1. The van der Waals surface area contributed by atoms with Gasteiger partial charge in [0.1, 0.15) is 6.04 Å². The Morgan fingerprint density at radius 3 is 2.67 bits per heavy atom. The van der Waals surface area contributed by atoms with Crippen LogP contribution in [0.1, 0.15) is 52.4 Å². The van der Waals surface area contributed by atoms with Gasteiger partial charge in [0, 0.05) is 18.3 Å². The lowest BCUT2D eigenvalue weighted by Gasteiger charge is -2.40. The number of urea groups is 1. The zero-order chi connectivity index (χ0) is 15.4. The van der Waals surface area contributed by atoms with E-state index in [4.69, 9.17) is 0 Å². The third-order valence-corrected chi connectivity index (χ3v) is 5.90. The van der Waals surface area contributed by atoms with Gasteiger partial charge in [0.25, 0.3) is 0 Å². The maximum absolute atomic E-state index is 12.9. The summed E-state index contributed by atoms with van der Waals surface area (Å²) in [6.45, 7) is 4.92. The summed E-state index contributed by atoms with van der Waals surface area (Å²) in [7, 11) is 0. The van der Waals surface area contributed by atoms with Crippen molar-refractivity contribution in [1.29, 1.82) is 0 Å². The summed E-state index contributed by atoms with van der Waals surface area (Å²) in [5, 5.41) is 9.39. The van der Waals surface area contributed by atoms with Crippen molar-refractivity contribution in [2.45, 2.75) is 69.8 Å². The van der Waals surface area contributed by atoms with E-state index >= 15 is 0 Å². The molecule has 2 saturated heterocycles. The van der Waals surface area contributed by atoms with Crippen molar-refractivity contribution in [2.75, 3.05) is 12.3 Å². The number of carbonyl (C=O) groups excluding carboxylic acids is 1. The summed E-state index contributed by atoms with van der Waals surface area (Å²) in [6.07, 6.45) is 6.12. The predicted octanol–water partition coefficient (Wildman–Crippen LogP) is 3.00. The lowest BCUT2D eigenvalue weighted by atomic mass is 9.98. The molecule has 2 fully saturated rings. The van der Waals surface area contributed by atoms with Crippen LogP contribution in [0.3, 0.4) is 0 Å². The first-order valence-corrected chi connectivity index (χ1v) is 9.08. The van der Waals surface area contributed by atoms with E-state index in [1.165, 1.54) is 6.42 Å². The molecule has 0 saturated carbocycles. The molecule has 3 unspecified atom stereocenters. The summed E-state index contributed by atoms with van der Waals surface area (Å²) in [5.74, 6) is -0.373. The quantitative estimate of drug-likeness (QED) is 0.866. The van der Waals surface area contributed by atoms with Crippen LogP contribution in [-0.2, 0) is 4.79 Å². The largest absolute Gasteiger partial charge is 0.480 e. The Morgan fingerprint density at radius 2 is 2.05 bits per heavy atom. The zero-order valence-corrected chi connectivity index (χ0v) is 13.8. The van der Waals surface area contributed by atoms with Gasteiger partial charge in [-0.05, 0) is 32.1 Å². The van der Waals surface area contributed by atoms with Crippen LogP contribution in [0.25, 0.3) is 0 Å². The Bertz CT molecular complexity index is 389. The van der Waals surface area contributed by atoms with Crippen molar-refractivity contribution in [3.05, 3.63) is 0 Å². The molecule has 1 N–H and O–H groups in total. The molecule has 0 aromatic carbocycles. The Morgan fingerprint density at radius 1 is 1.29 bits per heavy atom. The molecule has 3 atom stereocenters. The lowest BCUT2D eigenvalue weighted by Crippen LogP contribution is -2.55. The molecule has 120 valence electrons. The number of amides is 2. The van der Waals surface area contributed by atoms with Crippen LogP contribution in [0.15, 0.2) is 0 Å². The molecular weight excluding hydrogens is 288 g/mol. The van der Waals surface area contributed by atoms with Crippen LogP contribution in [0.5, 0.6) is 0 Å². The van der Waals surface area contributed by atoms with Crippen LogP contribution in [-0.4, -0.2) is 56.7 Å². The van der Waals surface area contributed by atoms with Crippen molar-refractivity contribution in [2.24, 2.45) is 0 Å². The van der Waals surface area contributed by atoms with E-state index in [0.717, 1.165) is 38.6 Å². The maximum Gasteiger partial charge on any atom is 0.327 e.